The van der Waals surface area contributed by atoms with Gasteiger partial charge in [-0.2, -0.15) is 0 Å². The van der Waals surface area contributed by atoms with Gasteiger partial charge >= 0.3 is 0 Å². The third kappa shape index (κ3) is 3.52. The van der Waals surface area contributed by atoms with Crippen LogP contribution in [0.5, 0.6) is 0 Å². The number of nitrogens with one attached hydrogen (secondary N) is 1. The molecule has 23 heavy (non-hydrogen) atoms. The molecule has 2 aliphatic rings. The Morgan fingerprint density at radius 2 is 2.04 bits per heavy atom. The van der Waals surface area contributed by atoms with E-state index in [0.29, 0.717) is 24.6 Å². The molecule has 1 N–H and O–H groups in total. The third-order valence-corrected chi connectivity index (χ3v) is 4.35. The van der Waals surface area contributed by atoms with E-state index in [1.807, 2.05) is 6.92 Å². The Morgan fingerprint density at radius 3 is 2.78 bits per heavy atom. The van der Waals surface area contributed by atoms with Crippen molar-refractivity contribution in [3.8, 4) is 0 Å². The first-order chi connectivity index (χ1) is 11.2. The Morgan fingerprint density at radius 1 is 1.26 bits per heavy atom. The van der Waals surface area contributed by atoms with Gasteiger partial charge in [-0.05, 0) is 45.3 Å². The summed E-state index contributed by atoms with van der Waals surface area (Å²) in [5, 5.41) is 3.08. The van der Waals surface area contributed by atoms with E-state index >= 15 is 0 Å². The standard InChI is InChI=1S/C17H23N3O3/c1-2-14-19-15-13(21)11-12(16(22)17(15)23-14)18-7-3-4-8-20-9-5-6-10-20/h11,18H,2-10H2,1H3. The molecule has 6 heteroatoms. The van der Waals surface area contributed by atoms with E-state index < -0.39 is 0 Å². The van der Waals surface area contributed by atoms with Crippen molar-refractivity contribution in [3.63, 3.8) is 0 Å². The fourth-order valence-corrected chi connectivity index (χ4v) is 3.04. The molecular weight excluding hydrogens is 294 g/mol. The minimum absolute atomic E-state index is 0.0777. The Bertz CT molecular complexity index is 627. The van der Waals surface area contributed by atoms with Crippen molar-refractivity contribution in [1.29, 1.82) is 0 Å². The zero-order chi connectivity index (χ0) is 16.2. The highest BCUT2D eigenvalue weighted by molar-refractivity contribution is 6.22. The van der Waals surface area contributed by atoms with Crippen LogP contribution in [0.4, 0.5) is 0 Å². The predicted octanol–water partition coefficient (Wildman–Crippen LogP) is 1.97. The van der Waals surface area contributed by atoms with E-state index in [-0.39, 0.29) is 23.0 Å². The molecule has 0 spiro atoms. The van der Waals surface area contributed by atoms with Crippen LogP contribution in [0, 0.1) is 0 Å². The van der Waals surface area contributed by atoms with Crippen LogP contribution in [0.2, 0.25) is 0 Å². The Balaban J connectivity index is 1.50. The second-order valence-corrected chi connectivity index (χ2v) is 6.07. The number of rotatable bonds is 7. The quantitative estimate of drug-likeness (QED) is 0.775. The number of aromatic nitrogens is 1. The SMILES string of the molecule is CCc1nc2c(o1)C(=O)C(NCCCCN1CCCC1)=CC2=O. The summed E-state index contributed by atoms with van der Waals surface area (Å²) in [6, 6.07) is 0. The number of likely N-dealkylation sites (tertiary alicyclic amines) is 1. The number of aryl methyl sites for hydroxylation is 1. The second-order valence-electron chi connectivity index (χ2n) is 6.07. The molecule has 1 aromatic heterocycles. The summed E-state index contributed by atoms with van der Waals surface area (Å²) in [6.45, 7) is 6.08. The lowest BCUT2D eigenvalue weighted by Gasteiger charge is -2.15. The van der Waals surface area contributed by atoms with Crippen LogP contribution < -0.4 is 5.32 Å². The van der Waals surface area contributed by atoms with Crippen LogP contribution in [-0.2, 0) is 6.42 Å². The number of nitrogens with zero attached hydrogens (tertiary/aromatic N) is 2. The lowest BCUT2D eigenvalue weighted by molar-refractivity contribution is 0.0955. The molecule has 3 rings (SSSR count). The number of carbonyl (C=O) groups is 2. The molecule has 1 aliphatic heterocycles. The van der Waals surface area contributed by atoms with Gasteiger partial charge < -0.3 is 14.6 Å². The van der Waals surface area contributed by atoms with Crippen LogP contribution in [0.3, 0.4) is 0 Å². The van der Waals surface area contributed by atoms with Crippen molar-refractivity contribution in [2.75, 3.05) is 26.2 Å². The number of hydrogen-bond donors (Lipinski definition) is 1. The maximum absolute atomic E-state index is 12.3. The van der Waals surface area contributed by atoms with Crippen LogP contribution in [0.1, 0.15) is 59.5 Å². The molecule has 2 heterocycles. The van der Waals surface area contributed by atoms with Gasteiger partial charge in [-0.15, -0.1) is 0 Å². The number of hydrogen-bond acceptors (Lipinski definition) is 6. The summed E-state index contributed by atoms with van der Waals surface area (Å²) in [5.41, 5.74) is 0.467. The summed E-state index contributed by atoms with van der Waals surface area (Å²) in [6.07, 6.45) is 6.58. The molecule has 1 saturated heterocycles. The number of oxazole rings is 1. The van der Waals surface area contributed by atoms with Crippen molar-refractivity contribution >= 4 is 11.6 Å². The normalized spacial score (nSPS) is 18.2. The molecule has 0 amide bonds. The molecule has 0 saturated carbocycles. The molecule has 0 bridgehead atoms. The lowest BCUT2D eigenvalue weighted by Crippen LogP contribution is -2.27. The van der Waals surface area contributed by atoms with E-state index in [1.165, 1.54) is 32.0 Å². The zero-order valence-corrected chi connectivity index (χ0v) is 13.6. The number of ketones is 2. The maximum atomic E-state index is 12.3. The molecule has 1 aliphatic carbocycles. The highest BCUT2D eigenvalue weighted by atomic mass is 16.4. The van der Waals surface area contributed by atoms with E-state index in [4.69, 9.17) is 4.42 Å². The molecule has 0 atom stereocenters. The van der Waals surface area contributed by atoms with Gasteiger partial charge in [0, 0.05) is 19.0 Å². The highest BCUT2D eigenvalue weighted by Gasteiger charge is 2.31. The summed E-state index contributed by atoms with van der Waals surface area (Å²) in [5.74, 6) is -0.0279. The minimum Gasteiger partial charge on any atom is -0.436 e. The molecule has 1 aromatic rings. The highest BCUT2D eigenvalue weighted by Crippen LogP contribution is 2.21. The molecule has 6 nitrogen and oxygen atoms in total. The van der Waals surface area contributed by atoms with Crippen LogP contribution >= 0.6 is 0 Å². The van der Waals surface area contributed by atoms with E-state index in [9.17, 15) is 9.59 Å². The van der Waals surface area contributed by atoms with Crippen LogP contribution in [0.25, 0.3) is 0 Å². The van der Waals surface area contributed by atoms with Gasteiger partial charge in [0.25, 0.3) is 0 Å². The summed E-state index contributed by atoms with van der Waals surface area (Å²) in [7, 11) is 0. The van der Waals surface area contributed by atoms with Crippen LogP contribution in [0.15, 0.2) is 16.2 Å². The number of carbonyl (C=O) groups excluding carboxylic acids is 2. The summed E-state index contributed by atoms with van der Waals surface area (Å²) in [4.78, 5) is 30.9. The summed E-state index contributed by atoms with van der Waals surface area (Å²) >= 11 is 0. The Labute approximate surface area is 135 Å². The topological polar surface area (TPSA) is 75.4 Å². The lowest BCUT2D eigenvalue weighted by atomic mass is 10.0. The molecule has 1 fully saturated rings. The summed E-state index contributed by atoms with van der Waals surface area (Å²) < 4.78 is 5.39. The average Bonchev–Trinajstić information content (AvgIpc) is 3.21. The molecule has 0 aromatic carbocycles. The van der Waals surface area contributed by atoms with Crippen molar-refractivity contribution in [3.05, 3.63) is 29.1 Å². The van der Waals surface area contributed by atoms with Gasteiger partial charge in [-0.25, -0.2) is 4.98 Å². The third-order valence-electron chi connectivity index (χ3n) is 4.35. The van der Waals surface area contributed by atoms with Crippen molar-refractivity contribution in [2.45, 2.75) is 39.0 Å². The Hall–Kier alpha value is -1.95. The first-order valence-electron chi connectivity index (χ1n) is 8.45. The monoisotopic (exact) mass is 317 g/mol. The average molecular weight is 317 g/mol. The fourth-order valence-electron chi connectivity index (χ4n) is 3.04. The number of allylic oxidation sites excluding steroid dienone is 2. The minimum atomic E-state index is -0.272. The molecular formula is C17H23N3O3. The van der Waals surface area contributed by atoms with Crippen LogP contribution in [-0.4, -0.2) is 47.6 Å². The van der Waals surface area contributed by atoms with Crippen molar-refractivity contribution < 1.29 is 14.0 Å². The molecule has 0 radical (unpaired) electrons. The first-order valence-corrected chi connectivity index (χ1v) is 8.45. The van der Waals surface area contributed by atoms with Crippen molar-refractivity contribution in [2.24, 2.45) is 0 Å². The van der Waals surface area contributed by atoms with E-state index in [1.54, 1.807) is 0 Å². The fraction of sp³-hybridized carbons (Fsp3) is 0.588. The molecule has 0 unspecified atom stereocenters. The van der Waals surface area contributed by atoms with Gasteiger partial charge in [-0.1, -0.05) is 6.92 Å². The molecule has 124 valence electrons. The zero-order valence-electron chi connectivity index (χ0n) is 13.6. The second kappa shape index (κ2) is 7.08. The largest absolute Gasteiger partial charge is 0.436 e. The number of fused-ring (bicyclic) bond motifs is 1. The van der Waals surface area contributed by atoms with E-state index in [2.05, 4.69) is 15.2 Å². The smallest absolute Gasteiger partial charge is 0.246 e. The Kier molecular flexibility index (Phi) is 4.91. The van der Waals surface area contributed by atoms with Crippen molar-refractivity contribution in [1.82, 2.24) is 15.2 Å². The van der Waals surface area contributed by atoms with E-state index in [0.717, 1.165) is 19.4 Å². The van der Waals surface area contributed by atoms with Gasteiger partial charge in [0.15, 0.2) is 11.6 Å². The van der Waals surface area contributed by atoms with Gasteiger partial charge in [0.2, 0.25) is 17.3 Å². The maximum Gasteiger partial charge on any atom is 0.246 e. The predicted molar refractivity (Wildman–Crippen MR) is 85.5 cm³/mol. The number of unbranched alkanes of at least 4 members (excludes halogenated alkanes) is 1. The first kappa shape index (κ1) is 15.9. The van der Waals surface area contributed by atoms with Gasteiger partial charge in [0.05, 0.1) is 5.70 Å². The van der Waals surface area contributed by atoms with Gasteiger partial charge in [0.1, 0.15) is 0 Å². The van der Waals surface area contributed by atoms with Gasteiger partial charge in [-0.3, -0.25) is 9.59 Å². The number of Topliss-reactive ketones (excluding diaryl/α,β-unsaturated/α-hetero) is 1.